The molecule has 0 aromatic heterocycles. The van der Waals surface area contributed by atoms with Crippen molar-refractivity contribution in [2.45, 2.75) is 39.2 Å². The van der Waals surface area contributed by atoms with Gasteiger partial charge in [-0.3, -0.25) is 9.69 Å². The summed E-state index contributed by atoms with van der Waals surface area (Å²) in [5, 5.41) is 6.30. The van der Waals surface area contributed by atoms with E-state index in [0.29, 0.717) is 12.6 Å². The maximum atomic E-state index is 11.7. The molecule has 1 saturated heterocycles. The first-order valence-electron chi connectivity index (χ1n) is 6.49. The maximum absolute atomic E-state index is 11.7. The van der Waals surface area contributed by atoms with Crippen LogP contribution in [0.1, 0.15) is 33.1 Å². The first-order chi connectivity index (χ1) is 7.77. The molecule has 102 valence electrons. The molecule has 4 nitrogen and oxygen atoms in total. The zero-order valence-electron chi connectivity index (χ0n) is 11.0. The smallest absolute Gasteiger partial charge is 0.234 e. The van der Waals surface area contributed by atoms with E-state index in [1.807, 2.05) is 0 Å². The van der Waals surface area contributed by atoms with Crippen LogP contribution >= 0.6 is 12.4 Å². The van der Waals surface area contributed by atoms with Crippen molar-refractivity contribution < 1.29 is 4.79 Å². The molecule has 0 aromatic rings. The van der Waals surface area contributed by atoms with Crippen LogP contribution in [0.3, 0.4) is 0 Å². The summed E-state index contributed by atoms with van der Waals surface area (Å²) >= 11 is 0. The Morgan fingerprint density at radius 3 is 2.71 bits per heavy atom. The number of nitrogens with zero attached hydrogens (tertiary/aromatic N) is 1. The number of carbonyl (C=O) groups excluding carboxylic acids is 1. The third kappa shape index (κ3) is 6.24. The average molecular weight is 264 g/mol. The summed E-state index contributed by atoms with van der Waals surface area (Å²) in [4.78, 5) is 14.0. The molecule has 0 radical (unpaired) electrons. The molecule has 17 heavy (non-hydrogen) atoms. The lowest BCUT2D eigenvalue weighted by atomic mass is 10.2. The van der Waals surface area contributed by atoms with Crippen molar-refractivity contribution in [3.8, 4) is 0 Å². The third-order valence-electron chi connectivity index (χ3n) is 2.98. The number of halogens is 1. The molecule has 0 aromatic carbocycles. The van der Waals surface area contributed by atoms with Gasteiger partial charge < -0.3 is 10.6 Å². The van der Waals surface area contributed by atoms with Crippen LogP contribution in [-0.4, -0.2) is 49.6 Å². The minimum atomic E-state index is 0. The Bertz CT molecular complexity index is 208. The standard InChI is InChI=1S/C12H25N3O.ClH/c1-3-6-14-12(16)10-15(8-4-2)11-5-7-13-9-11;/h11,13H,3-10H2,1-2H3,(H,14,16);1H. The van der Waals surface area contributed by atoms with Gasteiger partial charge in [-0.2, -0.15) is 0 Å². The number of hydrogen-bond acceptors (Lipinski definition) is 3. The van der Waals surface area contributed by atoms with Crippen molar-refractivity contribution >= 4 is 18.3 Å². The van der Waals surface area contributed by atoms with Gasteiger partial charge in [0, 0.05) is 19.1 Å². The SMILES string of the molecule is CCCNC(=O)CN(CCC)C1CCNC1.Cl. The Morgan fingerprint density at radius 2 is 2.18 bits per heavy atom. The molecule has 1 aliphatic heterocycles. The zero-order chi connectivity index (χ0) is 11.8. The van der Waals surface area contributed by atoms with E-state index in [2.05, 4.69) is 29.4 Å². The number of carbonyl (C=O) groups is 1. The second-order valence-corrected chi connectivity index (χ2v) is 4.47. The topological polar surface area (TPSA) is 44.4 Å². The van der Waals surface area contributed by atoms with E-state index in [1.54, 1.807) is 0 Å². The normalized spacial score (nSPS) is 19.1. The van der Waals surface area contributed by atoms with Gasteiger partial charge in [-0.25, -0.2) is 0 Å². The summed E-state index contributed by atoms with van der Waals surface area (Å²) in [5.74, 6) is 0.169. The van der Waals surface area contributed by atoms with Gasteiger partial charge in [0.1, 0.15) is 0 Å². The summed E-state index contributed by atoms with van der Waals surface area (Å²) in [6.45, 7) is 8.72. The fraction of sp³-hybridized carbons (Fsp3) is 0.917. The molecule has 0 spiro atoms. The first-order valence-corrected chi connectivity index (χ1v) is 6.49. The van der Waals surface area contributed by atoms with Crippen LogP contribution in [0.2, 0.25) is 0 Å². The Hall–Kier alpha value is -0.320. The Kier molecular flexibility index (Phi) is 9.50. The molecule has 0 saturated carbocycles. The van der Waals surface area contributed by atoms with Crippen LogP contribution in [-0.2, 0) is 4.79 Å². The lowest BCUT2D eigenvalue weighted by molar-refractivity contribution is -0.122. The minimum absolute atomic E-state index is 0. The van der Waals surface area contributed by atoms with Crippen LogP contribution < -0.4 is 10.6 Å². The molecule has 1 unspecified atom stereocenters. The lowest BCUT2D eigenvalue weighted by Crippen LogP contribution is -2.44. The van der Waals surface area contributed by atoms with Gasteiger partial charge in [-0.15, -0.1) is 12.4 Å². The highest BCUT2D eigenvalue weighted by Crippen LogP contribution is 2.08. The van der Waals surface area contributed by atoms with E-state index in [0.717, 1.165) is 39.0 Å². The lowest BCUT2D eigenvalue weighted by Gasteiger charge is -2.27. The largest absolute Gasteiger partial charge is 0.355 e. The van der Waals surface area contributed by atoms with Crippen molar-refractivity contribution in [3.63, 3.8) is 0 Å². The minimum Gasteiger partial charge on any atom is -0.355 e. The molecule has 1 aliphatic rings. The fourth-order valence-electron chi connectivity index (χ4n) is 2.13. The summed E-state index contributed by atoms with van der Waals surface area (Å²) < 4.78 is 0. The summed E-state index contributed by atoms with van der Waals surface area (Å²) in [6.07, 6.45) is 3.28. The third-order valence-corrected chi connectivity index (χ3v) is 2.98. The van der Waals surface area contributed by atoms with Gasteiger partial charge >= 0.3 is 0 Å². The summed E-state index contributed by atoms with van der Waals surface area (Å²) in [5.41, 5.74) is 0. The van der Waals surface area contributed by atoms with Crippen molar-refractivity contribution in [1.82, 2.24) is 15.5 Å². The van der Waals surface area contributed by atoms with E-state index in [9.17, 15) is 4.79 Å². The van der Waals surface area contributed by atoms with Crippen molar-refractivity contribution in [2.24, 2.45) is 0 Å². The van der Waals surface area contributed by atoms with Crippen molar-refractivity contribution in [1.29, 1.82) is 0 Å². The molecule has 2 N–H and O–H groups in total. The Balaban J connectivity index is 0.00000256. The Morgan fingerprint density at radius 1 is 1.41 bits per heavy atom. The van der Waals surface area contributed by atoms with Crippen LogP contribution in [0.25, 0.3) is 0 Å². The monoisotopic (exact) mass is 263 g/mol. The second kappa shape index (κ2) is 9.68. The number of rotatable bonds is 7. The predicted octanol–water partition coefficient (Wildman–Crippen LogP) is 1.01. The molecule has 0 bridgehead atoms. The van der Waals surface area contributed by atoms with Gasteiger partial charge in [0.15, 0.2) is 0 Å². The molecule has 1 amide bonds. The fourth-order valence-corrected chi connectivity index (χ4v) is 2.13. The second-order valence-electron chi connectivity index (χ2n) is 4.47. The first kappa shape index (κ1) is 16.7. The van der Waals surface area contributed by atoms with Gasteiger partial charge in [0.25, 0.3) is 0 Å². The quantitative estimate of drug-likeness (QED) is 0.721. The highest BCUT2D eigenvalue weighted by Gasteiger charge is 2.23. The summed E-state index contributed by atoms with van der Waals surface area (Å²) in [6, 6.07) is 0.548. The van der Waals surface area contributed by atoms with Crippen molar-refractivity contribution in [3.05, 3.63) is 0 Å². The van der Waals surface area contributed by atoms with Gasteiger partial charge in [-0.05, 0) is 32.4 Å². The molecule has 1 rings (SSSR count). The summed E-state index contributed by atoms with van der Waals surface area (Å²) in [7, 11) is 0. The van der Waals surface area contributed by atoms with Crippen LogP contribution in [0, 0.1) is 0 Å². The highest BCUT2D eigenvalue weighted by atomic mass is 35.5. The van der Waals surface area contributed by atoms with Crippen LogP contribution in [0.5, 0.6) is 0 Å². The average Bonchev–Trinajstić information content (AvgIpc) is 2.79. The molecule has 1 atom stereocenters. The van der Waals surface area contributed by atoms with Gasteiger partial charge in [0.05, 0.1) is 6.54 Å². The van der Waals surface area contributed by atoms with Crippen LogP contribution in [0.4, 0.5) is 0 Å². The van der Waals surface area contributed by atoms with Crippen LogP contribution in [0.15, 0.2) is 0 Å². The molecule has 1 heterocycles. The number of amides is 1. The Labute approximate surface area is 111 Å². The number of nitrogens with one attached hydrogen (secondary N) is 2. The van der Waals surface area contributed by atoms with E-state index >= 15 is 0 Å². The molecule has 5 heteroatoms. The highest BCUT2D eigenvalue weighted by molar-refractivity contribution is 5.85. The van der Waals surface area contributed by atoms with Gasteiger partial charge in [-0.1, -0.05) is 13.8 Å². The van der Waals surface area contributed by atoms with Gasteiger partial charge in [0.2, 0.25) is 5.91 Å². The molecule has 0 aliphatic carbocycles. The predicted molar refractivity (Wildman–Crippen MR) is 73.7 cm³/mol. The number of hydrogen-bond donors (Lipinski definition) is 2. The molecular weight excluding hydrogens is 238 g/mol. The molecular formula is C12H26ClN3O. The van der Waals surface area contributed by atoms with Crippen molar-refractivity contribution in [2.75, 3.05) is 32.7 Å². The van der Waals surface area contributed by atoms with E-state index < -0.39 is 0 Å². The van der Waals surface area contributed by atoms with E-state index in [-0.39, 0.29) is 18.3 Å². The zero-order valence-corrected chi connectivity index (χ0v) is 11.8. The van der Waals surface area contributed by atoms with E-state index in [1.165, 1.54) is 6.42 Å². The van der Waals surface area contributed by atoms with E-state index in [4.69, 9.17) is 0 Å². The molecule has 1 fully saturated rings. The maximum Gasteiger partial charge on any atom is 0.234 e.